The van der Waals surface area contributed by atoms with Crippen LogP contribution in [0.2, 0.25) is 0 Å². The summed E-state index contributed by atoms with van der Waals surface area (Å²) in [5, 5.41) is 6.53. The number of thioether (sulfide) groups is 1. The fourth-order valence-corrected chi connectivity index (χ4v) is 3.06. The SMILES string of the molecule is CC(N=[N+]=[N-])C1=C(c2cccc(F)c2)CN2C=CSC2=N1. The van der Waals surface area contributed by atoms with Crippen molar-refractivity contribution >= 4 is 22.5 Å². The van der Waals surface area contributed by atoms with Crippen molar-refractivity contribution in [3.63, 3.8) is 0 Å². The summed E-state index contributed by atoms with van der Waals surface area (Å²) in [6.07, 6.45) is 1.94. The van der Waals surface area contributed by atoms with Gasteiger partial charge in [0.25, 0.3) is 0 Å². The third-order valence-electron chi connectivity index (χ3n) is 3.31. The van der Waals surface area contributed by atoms with Gasteiger partial charge in [-0.15, -0.1) is 0 Å². The number of azide groups is 1. The molecule has 7 heteroatoms. The minimum absolute atomic E-state index is 0.295. The van der Waals surface area contributed by atoms with E-state index in [1.165, 1.54) is 23.9 Å². The van der Waals surface area contributed by atoms with E-state index in [0.29, 0.717) is 12.2 Å². The van der Waals surface area contributed by atoms with Gasteiger partial charge in [0.15, 0.2) is 5.17 Å². The number of nitrogens with zero attached hydrogens (tertiary/aromatic N) is 5. The van der Waals surface area contributed by atoms with E-state index in [-0.39, 0.29) is 5.82 Å². The van der Waals surface area contributed by atoms with E-state index in [2.05, 4.69) is 15.0 Å². The van der Waals surface area contributed by atoms with E-state index in [0.717, 1.165) is 16.3 Å². The first kappa shape index (κ1) is 13.7. The molecule has 0 spiro atoms. The maximum atomic E-state index is 13.5. The van der Waals surface area contributed by atoms with E-state index >= 15 is 0 Å². The van der Waals surface area contributed by atoms with E-state index in [1.807, 2.05) is 22.6 Å². The van der Waals surface area contributed by atoms with Gasteiger partial charge in [-0.2, -0.15) is 0 Å². The van der Waals surface area contributed by atoms with Gasteiger partial charge >= 0.3 is 0 Å². The van der Waals surface area contributed by atoms with Crippen molar-refractivity contribution < 1.29 is 4.39 Å². The Kier molecular flexibility index (Phi) is 3.68. The zero-order valence-corrected chi connectivity index (χ0v) is 12.1. The highest BCUT2D eigenvalue weighted by Crippen LogP contribution is 2.34. The van der Waals surface area contributed by atoms with Gasteiger partial charge in [-0.25, -0.2) is 9.38 Å². The van der Waals surface area contributed by atoms with Crippen LogP contribution in [0, 0.1) is 5.82 Å². The molecule has 0 aliphatic carbocycles. The number of benzene rings is 1. The molecule has 0 fully saturated rings. The van der Waals surface area contributed by atoms with Crippen molar-refractivity contribution in [3.8, 4) is 0 Å². The highest BCUT2D eigenvalue weighted by Gasteiger charge is 2.26. The number of halogens is 1. The standard InChI is InChI=1S/C14H12FN5S/c1-9(18-19-16)13-12(10-3-2-4-11(15)7-10)8-20-5-6-21-14(20)17-13/h2-7,9H,8H2,1H3. The van der Waals surface area contributed by atoms with Crippen molar-refractivity contribution in [2.45, 2.75) is 13.0 Å². The lowest BCUT2D eigenvalue weighted by Crippen LogP contribution is -2.28. The third kappa shape index (κ3) is 2.66. The monoisotopic (exact) mass is 301 g/mol. The summed E-state index contributed by atoms with van der Waals surface area (Å²) in [7, 11) is 0. The molecular weight excluding hydrogens is 289 g/mol. The van der Waals surface area contributed by atoms with Gasteiger partial charge in [-0.3, -0.25) is 0 Å². The summed E-state index contributed by atoms with van der Waals surface area (Å²) in [5.41, 5.74) is 11.0. The lowest BCUT2D eigenvalue weighted by molar-refractivity contribution is 0.620. The fourth-order valence-electron chi connectivity index (χ4n) is 2.32. The van der Waals surface area contributed by atoms with Gasteiger partial charge in [0.05, 0.1) is 18.3 Å². The summed E-state index contributed by atoms with van der Waals surface area (Å²) >= 11 is 1.52. The average Bonchev–Trinajstić information content (AvgIpc) is 2.93. The molecular formula is C14H12FN5S. The molecule has 0 N–H and O–H groups in total. The van der Waals surface area contributed by atoms with Crippen LogP contribution in [0.25, 0.3) is 16.0 Å². The van der Waals surface area contributed by atoms with Gasteiger partial charge in [0, 0.05) is 16.7 Å². The van der Waals surface area contributed by atoms with Gasteiger partial charge in [-0.1, -0.05) is 35.9 Å². The van der Waals surface area contributed by atoms with Gasteiger partial charge in [-0.05, 0) is 28.6 Å². The molecule has 1 atom stereocenters. The second-order valence-corrected chi connectivity index (χ2v) is 5.55. The first-order valence-electron chi connectivity index (χ1n) is 6.41. The number of fused-ring (bicyclic) bond motifs is 1. The van der Waals surface area contributed by atoms with Gasteiger partial charge in [0.1, 0.15) is 5.82 Å². The number of aliphatic imine (C=N–C) groups is 1. The molecule has 2 aliphatic heterocycles. The van der Waals surface area contributed by atoms with Crippen molar-refractivity contribution in [2.24, 2.45) is 10.1 Å². The summed E-state index contributed by atoms with van der Waals surface area (Å²) in [6, 6.07) is 6.00. The molecule has 0 aromatic heterocycles. The number of amidine groups is 1. The first-order chi connectivity index (χ1) is 10.2. The molecule has 106 valence electrons. The Labute approximate surface area is 125 Å². The number of hydrogen-bond donors (Lipinski definition) is 0. The fraction of sp³-hybridized carbons (Fsp3) is 0.214. The Morgan fingerprint density at radius 3 is 3.14 bits per heavy atom. The molecule has 0 saturated heterocycles. The highest BCUT2D eigenvalue weighted by atomic mass is 32.2. The van der Waals surface area contributed by atoms with Crippen LogP contribution in [0.4, 0.5) is 4.39 Å². The number of hydrogen-bond acceptors (Lipinski definition) is 4. The average molecular weight is 301 g/mol. The Morgan fingerprint density at radius 1 is 1.52 bits per heavy atom. The number of rotatable bonds is 3. The lowest BCUT2D eigenvalue weighted by atomic mass is 9.99. The molecule has 0 amide bonds. The molecule has 0 saturated carbocycles. The van der Waals surface area contributed by atoms with Crippen LogP contribution in [0.5, 0.6) is 0 Å². The molecule has 0 radical (unpaired) electrons. The largest absolute Gasteiger partial charge is 0.322 e. The predicted octanol–water partition coefficient (Wildman–Crippen LogP) is 4.13. The predicted molar refractivity (Wildman–Crippen MR) is 82.8 cm³/mol. The van der Waals surface area contributed by atoms with Crippen LogP contribution in [0.15, 0.2) is 51.7 Å². The first-order valence-corrected chi connectivity index (χ1v) is 7.29. The Bertz CT molecular complexity index is 718. The van der Waals surface area contributed by atoms with E-state index in [9.17, 15) is 4.39 Å². The third-order valence-corrected chi connectivity index (χ3v) is 4.10. The van der Waals surface area contributed by atoms with Crippen molar-refractivity contribution in [2.75, 3.05) is 6.54 Å². The van der Waals surface area contributed by atoms with E-state index < -0.39 is 6.04 Å². The van der Waals surface area contributed by atoms with Crippen molar-refractivity contribution in [3.05, 3.63) is 63.4 Å². The van der Waals surface area contributed by atoms with Crippen LogP contribution in [0.1, 0.15) is 12.5 Å². The van der Waals surface area contributed by atoms with Crippen LogP contribution in [0.3, 0.4) is 0 Å². The minimum atomic E-state index is -0.399. The van der Waals surface area contributed by atoms with Crippen molar-refractivity contribution in [1.29, 1.82) is 0 Å². The van der Waals surface area contributed by atoms with Gasteiger partial charge in [0.2, 0.25) is 0 Å². The molecule has 21 heavy (non-hydrogen) atoms. The highest BCUT2D eigenvalue weighted by molar-refractivity contribution is 8.16. The van der Waals surface area contributed by atoms with Gasteiger partial charge < -0.3 is 4.90 Å². The Morgan fingerprint density at radius 2 is 2.38 bits per heavy atom. The second-order valence-electron chi connectivity index (χ2n) is 4.68. The zero-order chi connectivity index (χ0) is 14.8. The van der Waals surface area contributed by atoms with Crippen LogP contribution < -0.4 is 0 Å². The molecule has 1 aromatic rings. The minimum Gasteiger partial charge on any atom is -0.322 e. The molecule has 5 nitrogen and oxygen atoms in total. The van der Waals surface area contributed by atoms with E-state index in [4.69, 9.17) is 5.53 Å². The Balaban J connectivity index is 2.11. The summed E-state index contributed by atoms with van der Waals surface area (Å²) in [5.74, 6) is -0.295. The molecule has 1 aromatic carbocycles. The van der Waals surface area contributed by atoms with Crippen LogP contribution in [-0.4, -0.2) is 22.7 Å². The van der Waals surface area contributed by atoms with Crippen LogP contribution >= 0.6 is 11.8 Å². The maximum absolute atomic E-state index is 13.5. The summed E-state index contributed by atoms with van der Waals surface area (Å²) in [4.78, 5) is 9.44. The maximum Gasteiger partial charge on any atom is 0.172 e. The summed E-state index contributed by atoms with van der Waals surface area (Å²) < 4.78 is 13.5. The normalized spacial score (nSPS) is 18.2. The second kappa shape index (κ2) is 5.63. The smallest absolute Gasteiger partial charge is 0.172 e. The quantitative estimate of drug-likeness (QED) is 0.479. The lowest BCUT2D eigenvalue weighted by Gasteiger charge is -2.27. The molecule has 0 bridgehead atoms. The molecule has 2 aliphatic rings. The van der Waals surface area contributed by atoms with E-state index in [1.54, 1.807) is 13.0 Å². The molecule has 1 unspecified atom stereocenters. The summed E-state index contributed by atoms with van der Waals surface area (Å²) in [6.45, 7) is 2.38. The van der Waals surface area contributed by atoms with Crippen LogP contribution in [-0.2, 0) is 0 Å². The Hall–Kier alpha value is -2.24. The van der Waals surface area contributed by atoms with Crippen molar-refractivity contribution in [1.82, 2.24) is 4.90 Å². The topological polar surface area (TPSA) is 64.4 Å². The zero-order valence-electron chi connectivity index (χ0n) is 11.3. The molecule has 2 heterocycles. The molecule has 3 rings (SSSR count).